The van der Waals surface area contributed by atoms with E-state index in [0.717, 1.165) is 10.5 Å². The Morgan fingerprint density at radius 2 is 1.89 bits per heavy atom. The fourth-order valence-corrected chi connectivity index (χ4v) is 4.62. The summed E-state index contributed by atoms with van der Waals surface area (Å²) in [5.41, 5.74) is 0.0477. The van der Waals surface area contributed by atoms with Gasteiger partial charge in [0.2, 0.25) is 0 Å². The van der Waals surface area contributed by atoms with Gasteiger partial charge in [0.15, 0.2) is 0 Å². The number of aromatic nitrogens is 1. The van der Waals surface area contributed by atoms with Crippen LogP contribution in [0, 0.1) is 17.7 Å². The second kappa shape index (κ2) is 10.8. The number of anilines is 2. The van der Waals surface area contributed by atoms with E-state index in [-0.39, 0.29) is 30.2 Å². The fraction of sp³-hybridized carbons (Fsp3) is 0.214. The first-order valence-corrected chi connectivity index (χ1v) is 11.9. The average molecular weight is 519 g/mol. The summed E-state index contributed by atoms with van der Waals surface area (Å²) in [5.74, 6) is 4.65. The third-order valence-electron chi connectivity index (χ3n) is 6.28. The smallest absolute Gasteiger partial charge is 0.308 e. The number of piperazine rings is 1. The number of carbonyl (C=O) groups excluding carboxylic acids is 3. The maximum absolute atomic E-state index is 15.2. The Morgan fingerprint density at radius 3 is 2.54 bits per heavy atom. The molecule has 7 nitrogen and oxygen atoms in total. The number of pyridine rings is 1. The summed E-state index contributed by atoms with van der Waals surface area (Å²) in [4.78, 5) is 46.5. The normalized spacial score (nSPS) is 17.1. The highest BCUT2D eigenvalue weighted by atomic mass is 35.5. The molecule has 0 bridgehead atoms. The van der Waals surface area contributed by atoms with Crippen molar-refractivity contribution >= 4 is 41.2 Å². The minimum atomic E-state index is -1.48. The molecule has 0 N–H and O–H groups in total. The van der Waals surface area contributed by atoms with Gasteiger partial charge in [-0.2, -0.15) is 0 Å². The SMILES string of the molecule is CN(C(=O)N1CCN(c2cccnc2)C(=O)C1(C)CC=O)c1c(F)cc(C#Cc2ccccc2)cc1Cl. The van der Waals surface area contributed by atoms with E-state index in [0.29, 0.717) is 17.5 Å². The monoisotopic (exact) mass is 518 g/mol. The van der Waals surface area contributed by atoms with Gasteiger partial charge in [-0.25, -0.2) is 9.18 Å². The first-order chi connectivity index (χ1) is 17.8. The van der Waals surface area contributed by atoms with Crippen LogP contribution >= 0.6 is 11.6 Å². The number of amides is 3. The van der Waals surface area contributed by atoms with E-state index in [1.165, 1.54) is 35.9 Å². The number of benzene rings is 2. The lowest BCUT2D eigenvalue weighted by molar-refractivity contribution is -0.133. The van der Waals surface area contributed by atoms with Crippen molar-refractivity contribution in [2.75, 3.05) is 29.9 Å². The van der Waals surface area contributed by atoms with Crippen LogP contribution in [0.3, 0.4) is 0 Å². The van der Waals surface area contributed by atoms with E-state index >= 15 is 4.39 Å². The van der Waals surface area contributed by atoms with Gasteiger partial charge in [-0.3, -0.25) is 14.7 Å². The molecule has 0 aliphatic carbocycles. The summed E-state index contributed by atoms with van der Waals surface area (Å²) in [7, 11) is 1.38. The number of halogens is 2. The molecule has 1 aliphatic rings. The largest absolute Gasteiger partial charge is 0.325 e. The molecule has 3 aromatic rings. The zero-order chi connectivity index (χ0) is 26.6. The van der Waals surface area contributed by atoms with Crippen LogP contribution in [0.15, 0.2) is 67.0 Å². The standard InChI is InChI=1S/C28H24ClFN4O3/c1-28(12-16-35)26(36)33(22-9-6-13-31-19-22)14-15-34(28)27(37)32(2)25-23(29)17-21(18-24(25)30)11-10-20-7-4-3-5-8-20/h3-9,13,16-19H,12,14-15H2,1-2H3. The molecule has 1 aliphatic heterocycles. The van der Waals surface area contributed by atoms with Crippen molar-refractivity contribution in [3.8, 4) is 11.8 Å². The zero-order valence-electron chi connectivity index (χ0n) is 20.3. The first kappa shape index (κ1) is 25.9. The Balaban J connectivity index is 1.61. The topological polar surface area (TPSA) is 73.8 Å². The van der Waals surface area contributed by atoms with Crippen molar-refractivity contribution in [3.63, 3.8) is 0 Å². The number of carbonyl (C=O) groups is 3. The quantitative estimate of drug-likeness (QED) is 0.376. The predicted octanol–water partition coefficient (Wildman–Crippen LogP) is 4.53. The number of nitrogens with zero attached hydrogens (tertiary/aromatic N) is 4. The van der Waals surface area contributed by atoms with Crippen molar-refractivity contribution < 1.29 is 18.8 Å². The second-order valence-corrected chi connectivity index (χ2v) is 9.12. The Kier molecular flexibility index (Phi) is 7.55. The molecule has 4 rings (SSSR count). The Morgan fingerprint density at radius 1 is 1.16 bits per heavy atom. The Labute approximate surface area is 219 Å². The summed E-state index contributed by atoms with van der Waals surface area (Å²) in [6.45, 7) is 1.83. The lowest BCUT2D eigenvalue weighted by Crippen LogP contribution is -2.68. The number of aldehydes is 1. The molecule has 0 radical (unpaired) electrons. The summed E-state index contributed by atoms with van der Waals surface area (Å²) < 4.78 is 15.2. The van der Waals surface area contributed by atoms with Gasteiger partial charge in [0, 0.05) is 43.9 Å². The van der Waals surface area contributed by atoms with E-state index in [2.05, 4.69) is 16.8 Å². The summed E-state index contributed by atoms with van der Waals surface area (Å²) >= 11 is 6.40. The molecule has 188 valence electrons. The first-order valence-electron chi connectivity index (χ1n) is 11.5. The molecule has 0 saturated carbocycles. The van der Waals surface area contributed by atoms with Crippen LogP contribution < -0.4 is 9.80 Å². The Bertz CT molecular complexity index is 1370. The van der Waals surface area contributed by atoms with E-state index in [1.807, 2.05) is 30.3 Å². The number of hydrogen-bond donors (Lipinski definition) is 0. The number of hydrogen-bond acceptors (Lipinski definition) is 4. The van der Waals surface area contributed by atoms with Crippen LogP contribution in [0.5, 0.6) is 0 Å². The summed E-state index contributed by atoms with van der Waals surface area (Å²) in [5, 5.41) is -0.00868. The highest BCUT2D eigenvalue weighted by Gasteiger charge is 2.49. The van der Waals surface area contributed by atoms with Gasteiger partial charge in [-0.1, -0.05) is 41.6 Å². The number of urea groups is 1. The molecule has 3 amide bonds. The van der Waals surface area contributed by atoms with Crippen molar-refractivity contribution in [2.24, 2.45) is 0 Å². The van der Waals surface area contributed by atoms with Crippen LogP contribution in [-0.4, -0.2) is 53.8 Å². The average Bonchev–Trinajstić information content (AvgIpc) is 2.89. The summed E-state index contributed by atoms with van der Waals surface area (Å²) in [6, 6.07) is 14.7. The van der Waals surface area contributed by atoms with Crippen molar-refractivity contribution in [2.45, 2.75) is 18.9 Å². The molecule has 9 heteroatoms. The lowest BCUT2D eigenvalue weighted by atomic mass is 9.91. The van der Waals surface area contributed by atoms with E-state index < -0.39 is 23.3 Å². The van der Waals surface area contributed by atoms with Gasteiger partial charge >= 0.3 is 6.03 Å². The number of rotatable bonds is 4. The minimum absolute atomic E-state index is 0.00868. The van der Waals surface area contributed by atoms with Crippen LogP contribution in [0.25, 0.3) is 0 Å². The van der Waals surface area contributed by atoms with Gasteiger partial charge in [0.1, 0.15) is 17.6 Å². The molecule has 1 atom stereocenters. The molecule has 1 saturated heterocycles. The van der Waals surface area contributed by atoms with Gasteiger partial charge in [-0.05, 0) is 43.3 Å². The van der Waals surface area contributed by atoms with Crippen LogP contribution in [-0.2, 0) is 9.59 Å². The molecule has 1 aromatic heterocycles. The third-order valence-corrected chi connectivity index (χ3v) is 6.57. The highest BCUT2D eigenvalue weighted by molar-refractivity contribution is 6.34. The van der Waals surface area contributed by atoms with Crippen molar-refractivity contribution in [1.29, 1.82) is 0 Å². The van der Waals surface area contributed by atoms with E-state index in [9.17, 15) is 14.4 Å². The van der Waals surface area contributed by atoms with Crippen LogP contribution in [0.2, 0.25) is 5.02 Å². The molecule has 37 heavy (non-hydrogen) atoms. The van der Waals surface area contributed by atoms with Gasteiger partial charge in [-0.15, -0.1) is 0 Å². The third kappa shape index (κ3) is 5.18. The predicted molar refractivity (Wildman–Crippen MR) is 140 cm³/mol. The maximum Gasteiger partial charge on any atom is 0.325 e. The Hall–Kier alpha value is -4.22. The lowest BCUT2D eigenvalue weighted by Gasteiger charge is -2.47. The van der Waals surface area contributed by atoms with Crippen LogP contribution in [0.4, 0.5) is 20.6 Å². The van der Waals surface area contributed by atoms with Gasteiger partial charge < -0.3 is 14.6 Å². The molecular weight excluding hydrogens is 495 g/mol. The molecule has 1 unspecified atom stereocenters. The van der Waals surface area contributed by atoms with Gasteiger partial charge in [0.05, 0.1) is 22.6 Å². The molecule has 2 heterocycles. The fourth-order valence-electron chi connectivity index (χ4n) is 4.28. The highest BCUT2D eigenvalue weighted by Crippen LogP contribution is 2.34. The maximum atomic E-state index is 15.2. The van der Waals surface area contributed by atoms with Crippen LogP contribution in [0.1, 0.15) is 24.5 Å². The molecular formula is C28H24ClFN4O3. The molecule has 2 aromatic carbocycles. The zero-order valence-corrected chi connectivity index (χ0v) is 21.1. The minimum Gasteiger partial charge on any atom is -0.308 e. The second-order valence-electron chi connectivity index (χ2n) is 8.71. The van der Waals surface area contributed by atoms with E-state index in [1.54, 1.807) is 24.5 Å². The molecule has 0 spiro atoms. The van der Waals surface area contributed by atoms with Crippen molar-refractivity contribution in [3.05, 3.63) is 89.0 Å². The van der Waals surface area contributed by atoms with E-state index in [4.69, 9.17) is 11.6 Å². The van der Waals surface area contributed by atoms with Gasteiger partial charge in [0.25, 0.3) is 5.91 Å². The summed E-state index contributed by atoms with van der Waals surface area (Å²) in [6.07, 6.45) is 3.50. The molecule has 1 fully saturated rings. The van der Waals surface area contributed by atoms with Crippen molar-refractivity contribution in [1.82, 2.24) is 9.88 Å².